The topological polar surface area (TPSA) is 15.3 Å². The van der Waals surface area contributed by atoms with E-state index in [9.17, 15) is 0 Å². The molecule has 0 atom stereocenters. The second-order valence-corrected chi connectivity index (χ2v) is 6.65. The van der Waals surface area contributed by atoms with E-state index in [4.69, 9.17) is 0 Å². The van der Waals surface area contributed by atoms with E-state index in [1.54, 1.807) is 5.56 Å². The second kappa shape index (κ2) is 8.16. The molecule has 1 aliphatic heterocycles. The number of fused-ring (bicyclic) bond motifs is 1. The first-order valence-electron chi connectivity index (χ1n) is 8.91. The van der Waals surface area contributed by atoms with Crippen molar-refractivity contribution in [3.05, 3.63) is 65.2 Å². The van der Waals surface area contributed by atoms with Crippen LogP contribution in [0.5, 0.6) is 0 Å². The van der Waals surface area contributed by atoms with Crippen LogP contribution in [0.4, 0.5) is 5.69 Å². The Morgan fingerprint density at radius 2 is 1.70 bits per heavy atom. The van der Waals surface area contributed by atoms with Crippen LogP contribution >= 0.6 is 0 Å². The SMILES string of the molecule is Cc1ccc(NCCCCCN2CCc3ccccc3C2)cc1. The fourth-order valence-electron chi connectivity index (χ4n) is 3.29. The number of nitrogens with zero attached hydrogens (tertiary/aromatic N) is 1. The van der Waals surface area contributed by atoms with Gasteiger partial charge in [-0.3, -0.25) is 4.90 Å². The normalized spacial score (nSPS) is 14.5. The Morgan fingerprint density at radius 3 is 2.52 bits per heavy atom. The predicted octanol–water partition coefficient (Wildman–Crippen LogP) is 4.64. The molecular formula is C21H28N2. The molecule has 0 spiro atoms. The van der Waals surface area contributed by atoms with Crippen LogP contribution in [0.3, 0.4) is 0 Å². The molecule has 0 aromatic heterocycles. The molecule has 23 heavy (non-hydrogen) atoms. The fourth-order valence-corrected chi connectivity index (χ4v) is 3.29. The lowest BCUT2D eigenvalue weighted by Gasteiger charge is -2.28. The van der Waals surface area contributed by atoms with E-state index in [1.165, 1.54) is 55.6 Å². The van der Waals surface area contributed by atoms with E-state index >= 15 is 0 Å². The first-order chi connectivity index (χ1) is 11.3. The highest BCUT2D eigenvalue weighted by atomic mass is 15.1. The minimum atomic E-state index is 1.08. The van der Waals surface area contributed by atoms with Crippen LogP contribution in [0, 0.1) is 6.92 Å². The van der Waals surface area contributed by atoms with Gasteiger partial charge in [-0.05, 0) is 56.0 Å². The lowest BCUT2D eigenvalue weighted by Crippen LogP contribution is -2.31. The van der Waals surface area contributed by atoms with Crippen molar-refractivity contribution < 1.29 is 0 Å². The lowest BCUT2D eigenvalue weighted by molar-refractivity contribution is 0.248. The van der Waals surface area contributed by atoms with Crippen molar-refractivity contribution in [2.24, 2.45) is 0 Å². The first-order valence-corrected chi connectivity index (χ1v) is 8.91. The third kappa shape index (κ3) is 4.84. The molecule has 0 saturated carbocycles. The summed E-state index contributed by atoms with van der Waals surface area (Å²) in [7, 11) is 0. The van der Waals surface area contributed by atoms with E-state index in [0.29, 0.717) is 0 Å². The highest BCUT2D eigenvalue weighted by Crippen LogP contribution is 2.18. The fraction of sp³-hybridized carbons (Fsp3) is 0.429. The maximum absolute atomic E-state index is 3.51. The van der Waals surface area contributed by atoms with Crippen molar-refractivity contribution in [3.63, 3.8) is 0 Å². The third-order valence-corrected chi connectivity index (χ3v) is 4.74. The van der Waals surface area contributed by atoms with Gasteiger partial charge in [0.1, 0.15) is 0 Å². The average molecular weight is 308 g/mol. The van der Waals surface area contributed by atoms with E-state index < -0.39 is 0 Å². The number of rotatable bonds is 7. The van der Waals surface area contributed by atoms with Crippen molar-refractivity contribution in [3.8, 4) is 0 Å². The Hall–Kier alpha value is -1.80. The lowest BCUT2D eigenvalue weighted by atomic mass is 10.00. The van der Waals surface area contributed by atoms with Crippen LogP contribution in [0.1, 0.15) is 36.0 Å². The summed E-state index contributed by atoms with van der Waals surface area (Å²) >= 11 is 0. The van der Waals surface area contributed by atoms with Gasteiger partial charge in [0.25, 0.3) is 0 Å². The van der Waals surface area contributed by atoms with Gasteiger partial charge in [-0.2, -0.15) is 0 Å². The molecule has 1 aliphatic rings. The summed E-state index contributed by atoms with van der Waals surface area (Å²) in [6.07, 6.45) is 5.07. The number of hydrogen-bond donors (Lipinski definition) is 1. The van der Waals surface area contributed by atoms with Crippen molar-refractivity contribution in [1.82, 2.24) is 4.90 Å². The molecule has 2 aromatic rings. The predicted molar refractivity (Wildman–Crippen MR) is 98.9 cm³/mol. The van der Waals surface area contributed by atoms with Crippen LogP contribution in [0.15, 0.2) is 48.5 Å². The van der Waals surface area contributed by atoms with Crippen LogP contribution in [-0.2, 0) is 13.0 Å². The Balaban J connectivity index is 1.29. The van der Waals surface area contributed by atoms with Gasteiger partial charge in [-0.25, -0.2) is 0 Å². The summed E-state index contributed by atoms with van der Waals surface area (Å²) in [5.74, 6) is 0. The number of nitrogens with one attached hydrogen (secondary N) is 1. The molecule has 122 valence electrons. The van der Waals surface area contributed by atoms with E-state index in [0.717, 1.165) is 13.1 Å². The molecule has 0 radical (unpaired) electrons. The Morgan fingerprint density at radius 1 is 0.913 bits per heavy atom. The van der Waals surface area contributed by atoms with Crippen LogP contribution in [-0.4, -0.2) is 24.5 Å². The van der Waals surface area contributed by atoms with Crippen LogP contribution < -0.4 is 5.32 Å². The second-order valence-electron chi connectivity index (χ2n) is 6.65. The molecule has 2 nitrogen and oxygen atoms in total. The highest BCUT2D eigenvalue weighted by molar-refractivity contribution is 5.44. The number of aryl methyl sites for hydroxylation is 1. The summed E-state index contributed by atoms with van der Waals surface area (Å²) in [6.45, 7) is 6.80. The molecule has 0 amide bonds. The molecule has 2 heteroatoms. The molecule has 2 aromatic carbocycles. The Kier molecular flexibility index (Phi) is 5.71. The maximum atomic E-state index is 3.51. The first kappa shape index (κ1) is 16.1. The Labute approximate surface area is 140 Å². The van der Waals surface area contributed by atoms with Gasteiger partial charge in [0, 0.05) is 25.3 Å². The van der Waals surface area contributed by atoms with Gasteiger partial charge in [-0.15, -0.1) is 0 Å². The van der Waals surface area contributed by atoms with Gasteiger partial charge >= 0.3 is 0 Å². The van der Waals surface area contributed by atoms with Gasteiger partial charge < -0.3 is 5.32 Å². The van der Waals surface area contributed by atoms with E-state index in [1.807, 2.05) is 0 Å². The smallest absolute Gasteiger partial charge is 0.0340 e. The average Bonchev–Trinajstić information content (AvgIpc) is 2.59. The summed E-state index contributed by atoms with van der Waals surface area (Å²) in [4.78, 5) is 2.61. The van der Waals surface area contributed by atoms with Crippen molar-refractivity contribution in [2.75, 3.05) is 25.0 Å². The minimum absolute atomic E-state index is 1.08. The summed E-state index contributed by atoms with van der Waals surface area (Å²) in [6, 6.07) is 17.6. The number of hydrogen-bond acceptors (Lipinski definition) is 2. The monoisotopic (exact) mass is 308 g/mol. The molecular weight excluding hydrogens is 280 g/mol. The standard InChI is InChI=1S/C21H28N2/c1-18-9-11-21(12-10-18)22-14-5-2-6-15-23-16-13-19-7-3-4-8-20(19)17-23/h3-4,7-12,22H,2,5-6,13-17H2,1H3. The van der Waals surface area contributed by atoms with Gasteiger partial charge in [0.2, 0.25) is 0 Å². The van der Waals surface area contributed by atoms with Crippen molar-refractivity contribution in [1.29, 1.82) is 0 Å². The molecule has 0 saturated heterocycles. The molecule has 1 N–H and O–H groups in total. The molecule has 1 heterocycles. The molecule has 0 bridgehead atoms. The summed E-state index contributed by atoms with van der Waals surface area (Å²) in [5.41, 5.74) is 5.63. The zero-order valence-corrected chi connectivity index (χ0v) is 14.2. The number of benzene rings is 2. The van der Waals surface area contributed by atoms with Gasteiger partial charge in [0.15, 0.2) is 0 Å². The minimum Gasteiger partial charge on any atom is -0.385 e. The zero-order valence-electron chi connectivity index (χ0n) is 14.2. The highest BCUT2D eigenvalue weighted by Gasteiger charge is 2.14. The van der Waals surface area contributed by atoms with Gasteiger partial charge in [-0.1, -0.05) is 48.4 Å². The van der Waals surface area contributed by atoms with E-state index in [-0.39, 0.29) is 0 Å². The number of unbranched alkanes of at least 4 members (excludes halogenated alkanes) is 2. The van der Waals surface area contributed by atoms with Crippen molar-refractivity contribution in [2.45, 2.75) is 39.2 Å². The molecule has 3 rings (SSSR count). The molecule has 0 unspecified atom stereocenters. The quantitative estimate of drug-likeness (QED) is 0.750. The number of anilines is 1. The van der Waals surface area contributed by atoms with Crippen LogP contribution in [0.25, 0.3) is 0 Å². The maximum Gasteiger partial charge on any atom is 0.0340 e. The zero-order chi connectivity index (χ0) is 15.9. The van der Waals surface area contributed by atoms with E-state index in [2.05, 4.69) is 65.7 Å². The third-order valence-electron chi connectivity index (χ3n) is 4.74. The summed E-state index contributed by atoms with van der Waals surface area (Å²) in [5, 5.41) is 3.51. The largest absolute Gasteiger partial charge is 0.385 e. The molecule has 0 fully saturated rings. The van der Waals surface area contributed by atoms with Gasteiger partial charge in [0.05, 0.1) is 0 Å². The van der Waals surface area contributed by atoms with Crippen LogP contribution in [0.2, 0.25) is 0 Å². The molecule has 0 aliphatic carbocycles. The summed E-state index contributed by atoms with van der Waals surface area (Å²) < 4.78 is 0. The Bertz CT molecular complexity index is 603. The van der Waals surface area contributed by atoms with Crippen molar-refractivity contribution >= 4 is 5.69 Å².